The lowest BCUT2D eigenvalue weighted by atomic mass is 10.1. The van der Waals surface area contributed by atoms with E-state index in [1.807, 2.05) is 67.9 Å². The van der Waals surface area contributed by atoms with Crippen molar-refractivity contribution in [2.24, 2.45) is 14.1 Å². The summed E-state index contributed by atoms with van der Waals surface area (Å²) in [6.07, 6.45) is 0. The molecule has 0 bridgehead atoms. The van der Waals surface area contributed by atoms with Crippen LogP contribution in [0.3, 0.4) is 0 Å². The molecule has 0 spiro atoms. The topological polar surface area (TPSA) is 56.9 Å². The van der Waals surface area contributed by atoms with E-state index in [1.165, 1.54) is 16.3 Å². The largest absolute Gasteiger partial charge is 0.351 e. The van der Waals surface area contributed by atoms with Crippen LogP contribution in [0.4, 0.5) is 0 Å². The predicted molar refractivity (Wildman–Crippen MR) is 114 cm³/mol. The Hall–Kier alpha value is -2.86. The fraction of sp³-hybridized carbons (Fsp3) is 0.227. The number of Topliss-reactive ketones (excluding diaryl/α,β-unsaturated/α-hetero) is 1. The van der Waals surface area contributed by atoms with Crippen LogP contribution in [0.1, 0.15) is 21.7 Å². The highest BCUT2D eigenvalue weighted by molar-refractivity contribution is 7.99. The smallest absolute Gasteiger partial charge is 0.261 e. The van der Waals surface area contributed by atoms with E-state index in [0.29, 0.717) is 16.1 Å². The minimum Gasteiger partial charge on any atom is -0.351 e. The summed E-state index contributed by atoms with van der Waals surface area (Å²) < 4.78 is 3.53. The molecule has 0 fully saturated rings. The molecule has 0 unspecified atom stereocenters. The van der Waals surface area contributed by atoms with Crippen LogP contribution in [0.5, 0.6) is 0 Å². The molecule has 0 aliphatic rings. The van der Waals surface area contributed by atoms with Gasteiger partial charge in [-0.05, 0) is 42.8 Å². The van der Waals surface area contributed by atoms with E-state index >= 15 is 0 Å². The third kappa shape index (κ3) is 3.03. The Bertz CT molecular complexity index is 1300. The third-order valence-electron chi connectivity index (χ3n) is 5.31. The second-order valence-corrected chi connectivity index (χ2v) is 7.97. The maximum Gasteiger partial charge on any atom is 0.261 e. The second kappa shape index (κ2) is 6.95. The molecule has 4 aromatic rings. The van der Waals surface area contributed by atoms with Crippen LogP contribution in [0, 0.1) is 13.8 Å². The zero-order valence-corrected chi connectivity index (χ0v) is 17.1. The summed E-state index contributed by atoms with van der Waals surface area (Å²) in [5.41, 5.74) is 3.29. The lowest BCUT2D eigenvalue weighted by Gasteiger charge is -2.09. The maximum atomic E-state index is 12.8. The van der Waals surface area contributed by atoms with Crippen LogP contribution in [0.15, 0.2) is 52.4 Å². The Morgan fingerprint density at radius 1 is 1.04 bits per heavy atom. The van der Waals surface area contributed by atoms with E-state index < -0.39 is 0 Å². The summed E-state index contributed by atoms with van der Waals surface area (Å²) in [6, 6.07) is 13.6. The zero-order valence-electron chi connectivity index (χ0n) is 16.3. The summed E-state index contributed by atoms with van der Waals surface area (Å²) in [5.74, 6) is 0.281. The molecule has 0 aliphatic carbocycles. The zero-order chi connectivity index (χ0) is 20.0. The molecule has 142 valence electrons. The fourth-order valence-corrected chi connectivity index (χ4v) is 4.27. The predicted octanol–water partition coefficient (Wildman–Crippen LogP) is 4.02. The van der Waals surface area contributed by atoms with Gasteiger partial charge in [0, 0.05) is 31.0 Å². The first-order valence-electron chi connectivity index (χ1n) is 9.05. The standard InChI is InChI=1S/C22H21N3O2S/c1-13-9-17(14(2)24(13)3)20(26)12-28-22-23-19-11-16-8-6-5-7-15(16)10-18(19)21(27)25(22)4/h5-11H,12H2,1-4H3. The number of fused-ring (bicyclic) bond motifs is 2. The van der Waals surface area contributed by atoms with Crippen molar-refractivity contribution in [1.82, 2.24) is 14.1 Å². The molecule has 4 rings (SSSR count). The molecule has 0 saturated heterocycles. The van der Waals surface area contributed by atoms with Crippen molar-refractivity contribution in [3.63, 3.8) is 0 Å². The van der Waals surface area contributed by atoms with E-state index in [4.69, 9.17) is 0 Å². The van der Waals surface area contributed by atoms with E-state index in [2.05, 4.69) is 4.98 Å². The first-order chi connectivity index (χ1) is 13.4. The van der Waals surface area contributed by atoms with Crippen molar-refractivity contribution in [2.45, 2.75) is 19.0 Å². The Morgan fingerprint density at radius 2 is 1.71 bits per heavy atom. The van der Waals surface area contributed by atoms with Crippen LogP contribution < -0.4 is 5.56 Å². The second-order valence-electron chi connectivity index (χ2n) is 7.03. The molecule has 0 saturated carbocycles. The van der Waals surface area contributed by atoms with Gasteiger partial charge in [0.25, 0.3) is 5.56 Å². The molecule has 5 nitrogen and oxygen atoms in total. The first kappa shape index (κ1) is 18.5. The minimum absolute atomic E-state index is 0.0408. The summed E-state index contributed by atoms with van der Waals surface area (Å²) in [5, 5.41) is 3.19. The van der Waals surface area contributed by atoms with E-state index in [9.17, 15) is 9.59 Å². The molecule has 0 amide bonds. The SMILES string of the molecule is Cc1cc(C(=O)CSc2nc3cc4ccccc4cc3c(=O)n2C)c(C)n1C. The Labute approximate surface area is 167 Å². The van der Waals surface area contributed by atoms with Crippen molar-refractivity contribution in [3.8, 4) is 0 Å². The van der Waals surface area contributed by atoms with Gasteiger partial charge < -0.3 is 4.57 Å². The van der Waals surface area contributed by atoms with Crippen LogP contribution >= 0.6 is 11.8 Å². The fourth-order valence-electron chi connectivity index (χ4n) is 3.41. The highest BCUT2D eigenvalue weighted by Gasteiger charge is 2.16. The number of aromatic nitrogens is 3. The number of benzene rings is 2. The molecule has 0 radical (unpaired) electrons. The van der Waals surface area contributed by atoms with Gasteiger partial charge in [-0.3, -0.25) is 14.2 Å². The van der Waals surface area contributed by atoms with Gasteiger partial charge in [-0.1, -0.05) is 36.0 Å². The van der Waals surface area contributed by atoms with Crippen LogP contribution in [-0.2, 0) is 14.1 Å². The van der Waals surface area contributed by atoms with Gasteiger partial charge in [0.05, 0.1) is 16.7 Å². The van der Waals surface area contributed by atoms with Crippen LogP contribution in [0.2, 0.25) is 0 Å². The summed E-state index contributed by atoms with van der Waals surface area (Å²) >= 11 is 1.30. The van der Waals surface area contributed by atoms with Crippen LogP contribution in [-0.4, -0.2) is 25.7 Å². The van der Waals surface area contributed by atoms with E-state index in [1.54, 1.807) is 7.05 Å². The van der Waals surface area contributed by atoms with Gasteiger partial charge in [0.15, 0.2) is 10.9 Å². The third-order valence-corrected chi connectivity index (χ3v) is 6.34. The monoisotopic (exact) mass is 391 g/mol. The molecular weight excluding hydrogens is 370 g/mol. The minimum atomic E-state index is -0.0996. The van der Waals surface area contributed by atoms with Gasteiger partial charge in [-0.2, -0.15) is 0 Å². The van der Waals surface area contributed by atoms with Gasteiger partial charge in [0.1, 0.15) is 0 Å². The molecule has 6 heteroatoms. The van der Waals surface area contributed by atoms with E-state index in [-0.39, 0.29) is 17.1 Å². The number of thioether (sulfide) groups is 1. The quantitative estimate of drug-likeness (QED) is 0.228. The molecule has 28 heavy (non-hydrogen) atoms. The number of aryl methyl sites for hydroxylation is 1. The number of carbonyl (C=O) groups excluding carboxylic acids is 1. The molecule has 0 N–H and O–H groups in total. The maximum absolute atomic E-state index is 12.8. The molecule has 0 aliphatic heterocycles. The first-order valence-corrected chi connectivity index (χ1v) is 10.0. The summed E-state index contributed by atoms with van der Waals surface area (Å²) in [4.78, 5) is 30.2. The van der Waals surface area contributed by atoms with Gasteiger partial charge in [0.2, 0.25) is 0 Å². The average molecular weight is 391 g/mol. The summed E-state index contributed by atoms with van der Waals surface area (Å²) in [6.45, 7) is 3.93. The highest BCUT2D eigenvalue weighted by atomic mass is 32.2. The molecule has 2 aromatic carbocycles. The molecule has 0 atom stereocenters. The summed E-state index contributed by atoms with van der Waals surface area (Å²) in [7, 11) is 3.65. The molecule has 2 aromatic heterocycles. The Morgan fingerprint density at radius 3 is 2.36 bits per heavy atom. The lowest BCUT2D eigenvalue weighted by molar-refractivity contribution is 0.102. The highest BCUT2D eigenvalue weighted by Crippen LogP contribution is 2.23. The van der Waals surface area contributed by atoms with Gasteiger partial charge in [-0.15, -0.1) is 0 Å². The lowest BCUT2D eigenvalue weighted by Crippen LogP contribution is -2.20. The Kier molecular flexibility index (Phi) is 4.59. The van der Waals surface area contributed by atoms with Gasteiger partial charge in [-0.25, -0.2) is 4.98 Å². The number of hydrogen-bond donors (Lipinski definition) is 0. The van der Waals surface area contributed by atoms with Crippen molar-refractivity contribution in [2.75, 3.05) is 5.75 Å². The normalized spacial score (nSPS) is 11.4. The van der Waals surface area contributed by atoms with Gasteiger partial charge >= 0.3 is 0 Å². The van der Waals surface area contributed by atoms with Crippen LogP contribution in [0.25, 0.3) is 21.7 Å². The molecular formula is C22H21N3O2S. The number of hydrogen-bond acceptors (Lipinski definition) is 4. The number of rotatable bonds is 4. The van der Waals surface area contributed by atoms with E-state index in [0.717, 1.165) is 27.7 Å². The molecule has 2 heterocycles. The van der Waals surface area contributed by atoms with Crippen molar-refractivity contribution < 1.29 is 4.79 Å². The van der Waals surface area contributed by atoms with Crippen molar-refractivity contribution in [3.05, 3.63) is 69.8 Å². The average Bonchev–Trinajstić information content (AvgIpc) is 2.95. The Balaban J connectivity index is 1.69. The number of nitrogens with zero attached hydrogens (tertiary/aromatic N) is 3. The number of ketones is 1. The van der Waals surface area contributed by atoms with Crippen molar-refractivity contribution in [1.29, 1.82) is 0 Å². The van der Waals surface area contributed by atoms with Crippen molar-refractivity contribution >= 4 is 39.2 Å². The number of carbonyl (C=O) groups is 1.